The number of aliphatic hydroxyl groups is 1. The van der Waals surface area contributed by atoms with Gasteiger partial charge in [0.05, 0.1) is 18.3 Å². The molecule has 0 aliphatic heterocycles. The minimum atomic E-state index is -1.04. The molecule has 0 heterocycles. The molecule has 0 saturated carbocycles. The number of methoxy groups -OCH3 is 1. The van der Waals surface area contributed by atoms with E-state index in [9.17, 15) is 9.90 Å². The Morgan fingerprint density at radius 2 is 2.17 bits per heavy atom. The first kappa shape index (κ1) is 13.9. The van der Waals surface area contributed by atoms with Gasteiger partial charge >= 0.3 is 0 Å². The fourth-order valence-corrected chi connectivity index (χ4v) is 1.32. The average molecular weight is 245 g/mol. The van der Waals surface area contributed by atoms with Gasteiger partial charge in [0.1, 0.15) is 11.8 Å². The van der Waals surface area contributed by atoms with E-state index < -0.39 is 5.60 Å². The summed E-state index contributed by atoms with van der Waals surface area (Å²) in [5.41, 5.74) is -0.354. The smallest absolute Gasteiger partial charge is 0.185 e. The van der Waals surface area contributed by atoms with Gasteiger partial charge in [-0.15, -0.1) is 0 Å². The summed E-state index contributed by atoms with van der Waals surface area (Å²) in [5, 5.41) is 18.4. The van der Waals surface area contributed by atoms with Crippen LogP contribution in [-0.2, 0) is 0 Å². The Hall–Kier alpha value is -2.12. The van der Waals surface area contributed by atoms with Crippen LogP contribution >= 0.6 is 0 Å². The van der Waals surface area contributed by atoms with E-state index in [1.54, 1.807) is 26.0 Å². The van der Waals surface area contributed by atoms with Crippen LogP contribution in [0, 0.1) is 11.3 Å². The summed E-state index contributed by atoms with van der Waals surface area (Å²) in [6.07, 6.45) is 2.70. The molecule has 1 rings (SSSR count). The van der Waals surface area contributed by atoms with Gasteiger partial charge in [0.25, 0.3) is 0 Å². The molecule has 0 amide bonds. The van der Waals surface area contributed by atoms with Crippen molar-refractivity contribution in [2.75, 3.05) is 7.11 Å². The predicted octanol–water partition coefficient (Wildman–Crippen LogP) is 2.08. The number of ketones is 1. The second-order valence-electron chi connectivity index (χ2n) is 4.38. The third-order valence-electron chi connectivity index (χ3n) is 2.25. The molecule has 0 saturated heterocycles. The van der Waals surface area contributed by atoms with Crippen molar-refractivity contribution < 1.29 is 14.6 Å². The van der Waals surface area contributed by atoms with Gasteiger partial charge < -0.3 is 9.84 Å². The van der Waals surface area contributed by atoms with Crippen LogP contribution in [-0.4, -0.2) is 23.6 Å². The van der Waals surface area contributed by atoms with Crippen LogP contribution in [0.2, 0.25) is 0 Å². The number of allylic oxidation sites excluding steroid dienone is 1. The summed E-state index contributed by atoms with van der Waals surface area (Å²) in [7, 11) is 1.46. The van der Waals surface area contributed by atoms with Crippen molar-refractivity contribution >= 4 is 5.78 Å². The first-order chi connectivity index (χ1) is 8.37. The van der Waals surface area contributed by atoms with Crippen molar-refractivity contribution in [2.24, 2.45) is 0 Å². The molecule has 0 fully saturated rings. The SMILES string of the molecule is COc1ccc(C(=O)/C=C/C(C)(C)O)cc1C#N. The number of nitrogens with zero attached hydrogens (tertiary/aromatic N) is 1. The van der Waals surface area contributed by atoms with Crippen molar-refractivity contribution in [2.45, 2.75) is 19.4 Å². The fraction of sp³-hybridized carbons (Fsp3) is 0.286. The molecule has 1 N–H and O–H groups in total. The summed E-state index contributed by atoms with van der Waals surface area (Å²) in [4.78, 5) is 11.8. The highest BCUT2D eigenvalue weighted by Crippen LogP contribution is 2.19. The van der Waals surface area contributed by atoms with E-state index in [2.05, 4.69) is 0 Å². The molecule has 18 heavy (non-hydrogen) atoms. The molecular formula is C14H15NO3. The minimum Gasteiger partial charge on any atom is -0.495 e. The first-order valence-corrected chi connectivity index (χ1v) is 5.41. The molecule has 0 unspecified atom stereocenters. The van der Waals surface area contributed by atoms with E-state index >= 15 is 0 Å². The van der Waals surface area contributed by atoms with E-state index in [1.807, 2.05) is 6.07 Å². The molecule has 1 aromatic rings. The van der Waals surface area contributed by atoms with E-state index in [-0.39, 0.29) is 5.78 Å². The number of benzene rings is 1. The van der Waals surface area contributed by atoms with Crippen molar-refractivity contribution in [3.8, 4) is 11.8 Å². The van der Waals surface area contributed by atoms with Gasteiger partial charge in [-0.25, -0.2) is 0 Å². The number of hydrogen-bond donors (Lipinski definition) is 1. The quantitative estimate of drug-likeness (QED) is 0.651. The van der Waals surface area contributed by atoms with E-state index in [4.69, 9.17) is 10.00 Å². The van der Waals surface area contributed by atoms with Crippen LogP contribution < -0.4 is 4.74 Å². The van der Waals surface area contributed by atoms with Crippen molar-refractivity contribution in [1.82, 2.24) is 0 Å². The molecule has 4 heteroatoms. The molecule has 94 valence electrons. The lowest BCUT2D eigenvalue weighted by atomic mass is 10.0. The van der Waals surface area contributed by atoms with Crippen molar-refractivity contribution in [3.63, 3.8) is 0 Å². The van der Waals surface area contributed by atoms with Gasteiger partial charge in [0.2, 0.25) is 0 Å². The zero-order chi connectivity index (χ0) is 13.8. The Morgan fingerprint density at radius 3 is 2.67 bits per heavy atom. The highest BCUT2D eigenvalue weighted by atomic mass is 16.5. The largest absolute Gasteiger partial charge is 0.495 e. The van der Waals surface area contributed by atoms with Gasteiger partial charge in [0.15, 0.2) is 5.78 Å². The second-order valence-corrected chi connectivity index (χ2v) is 4.38. The topological polar surface area (TPSA) is 70.3 Å². The minimum absolute atomic E-state index is 0.267. The van der Waals surface area contributed by atoms with Gasteiger partial charge in [-0.3, -0.25) is 4.79 Å². The molecule has 0 aliphatic carbocycles. The lowest BCUT2D eigenvalue weighted by Gasteiger charge is -2.09. The van der Waals surface area contributed by atoms with Crippen LogP contribution in [0.3, 0.4) is 0 Å². The maximum Gasteiger partial charge on any atom is 0.185 e. The van der Waals surface area contributed by atoms with Crippen molar-refractivity contribution in [3.05, 3.63) is 41.5 Å². The highest BCUT2D eigenvalue weighted by Gasteiger charge is 2.10. The summed E-state index contributed by atoms with van der Waals surface area (Å²) >= 11 is 0. The summed E-state index contributed by atoms with van der Waals surface area (Å²) in [6, 6.07) is 6.58. The summed E-state index contributed by atoms with van der Waals surface area (Å²) in [6.45, 7) is 3.15. The van der Waals surface area contributed by atoms with Gasteiger partial charge in [-0.2, -0.15) is 5.26 Å². The number of ether oxygens (including phenoxy) is 1. The number of carbonyl (C=O) groups is 1. The van der Waals surface area contributed by atoms with Crippen LogP contribution in [0.15, 0.2) is 30.4 Å². The van der Waals surface area contributed by atoms with E-state index in [1.165, 1.54) is 25.3 Å². The van der Waals surface area contributed by atoms with Crippen LogP contribution in [0.4, 0.5) is 0 Å². The molecule has 4 nitrogen and oxygen atoms in total. The third-order valence-corrected chi connectivity index (χ3v) is 2.25. The number of nitriles is 1. The molecule has 0 atom stereocenters. The number of carbonyl (C=O) groups excluding carboxylic acids is 1. The van der Waals surface area contributed by atoms with Gasteiger partial charge in [0, 0.05) is 5.56 Å². The number of hydrogen-bond acceptors (Lipinski definition) is 4. The van der Waals surface area contributed by atoms with Gasteiger partial charge in [-0.1, -0.05) is 0 Å². The Balaban J connectivity index is 3.02. The van der Waals surface area contributed by atoms with E-state index in [0.717, 1.165) is 0 Å². The Kier molecular flexibility index (Phi) is 4.24. The van der Waals surface area contributed by atoms with Crippen LogP contribution in [0.1, 0.15) is 29.8 Å². The summed E-state index contributed by atoms with van der Waals surface area (Å²) in [5.74, 6) is 0.164. The number of rotatable bonds is 4. The monoisotopic (exact) mass is 245 g/mol. The normalized spacial score (nSPS) is 11.3. The average Bonchev–Trinajstić information content (AvgIpc) is 2.34. The first-order valence-electron chi connectivity index (χ1n) is 5.41. The lowest BCUT2D eigenvalue weighted by Crippen LogP contribution is -2.14. The molecule has 1 aromatic carbocycles. The Morgan fingerprint density at radius 1 is 1.50 bits per heavy atom. The second kappa shape index (κ2) is 5.48. The van der Waals surface area contributed by atoms with E-state index in [0.29, 0.717) is 16.9 Å². The third kappa shape index (κ3) is 3.72. The summed E-state index contributed by atoms with van der Waals surface area (Å²) < 4.78 is 4.99. The molecule has 0 aliphatic rings. The molecular weight excluding hydrogens is 230 g/mol. The Labute approximate surface area is 106 Å². The van der Waals surface area contributed by atoms with Crippen LogP contribution in [0.5, 0.6) is 5.75 Å². The van der Waals surface area contributed by atoms with Gasteiger partial charge in [-0.05, 0) is 44.2 Å². The highest BCUT2D eigenvalue weighted by molar-refractivity contribution is 6.04. The fourth-order valence-electron chi connectivity index (χ4n) is 1.32. The molecule has 0 aromatic heterocycles. The van der Waals surface area contributed by atoms with Crippen molar-refractivity contribution in [1.29, 1.82) is 5.26 Å². The molecule has 0 spiro atoms. The predicted molar refractivity (Wildman–Crippen MR) is 67.5 cm³/mol. The lowest BCUT2D eigenvalue weighted by molar-refractivity contribution is 0.103. The standard InChI is InChI=1S/C14H15NO3/c1-14(2,17)7-6-12(16)10-4-5-13(18-3)11(8-10)9-15/h4-8,17H,1-3H3/b7-6+. The maximum atomic E-state index is 11.8. The zero-order valence-electron chi connectivity index (χ0n) is 10.6. The molecule has 0 bridgehead atoms. The Bertz CT molecular complexity index is 519. The van der Waals surface area contributed by atoms with Crippen LogP contribution in [0.25, 0.3) is 0 Å². The molecule has 0 radical (unpaired) electrons. The zero-order valence-corrected chi connectivity index (χ0v) is 10.6. The maximum absolute atomic E-state index is 11.8.